The maximum Gasteiger partial charge on any atom is 0.271 e. The van der Waals surface area contributed by atoms with Crippen molar-refractivity contribution in [1.29, 1.82) is 0 Å². The van der Waals surface area contributed by atoms with Crippen LogP contribution in [0.25, 0.3) is 0 Å². The predicted molar refractivity (Wildman–Crippen MR) is 218 cm³/mol. The summed E-state index contributed by atoms with van der Waals surface area (Å²) in [6.07, 6.45) is 4.54. The number of piperidine rings is 1. The first-order chi connectivity index (χ1) is 22.5. The molecule has 4 N–H and O–H groups in total. The predicted octanol–water partition coefficient (Wildman–Crippen LogP) is -5.62. The number of hydrogen-bond acceptors (Lipinski definition) is 10. The average molecular weight is 647 g/mol. The van der Waals surface area contributed by atoms with E-state index in [0.717, 1.165) is 55.9 Å². The number of hydrogen-bond donors (Lipinski definition) is 3. The Bertz CT molecular complexity index is 1480. The third-order valence-electron chi connectivity index (χ3n) is 12.6. The summed E-state index contributed by atoms with van der Waals surface area (Å²) in [7, 11) is 23.3. The second kappa shape index (κ2) is 13.6. The van der Waals surface area contributed by atoms with Crippen molar-refractivity contribution in [3.05, 3.63) is 29.6 Å². The molecule has 2 aromatic rings. The largest absolute Gasteiger partial charge is 0.495 e. The lowest BCUT2D eigenvalue weighted by Crippen LogP contribution is -2.92. The zero-order valence-corrected chi connectivity index (χ0v) is 31.3. The Morgan fingerprint density at radius 2 is 1.56 bits per heavy atom. The Kier molecular flexibility index (Phi) is 10.4. The van der Waals surface area contributed by atoms with E-state index < -0.39 is 5.91 Å². The third kappa shape index (κ3) is 6.39. The van der Waals surface area contributed by atoms with Gasteiger partial charge in [-0.15, -0.1) is 0 Å². The zero-order valence-electron chi connectivity index (χ0n) is 31.3. The van der Waals surface area contributed by atoms with Gasteiger partial charge >= 0.3 is 0 Å². The minimum Gasteiger partial charge on any atom is -0.495 e. The molecule has 0 radical (unpaired) electrons. The van der Waals surface area contributed by atoms with E-state index in [4.69, 9.17) is 20.2 Å². The normalized spacial score (nSPS) is 22.9. The molecule has 1 aromatic heterocycles. The van der Waals surface area contributed by atoms with E-state index >= 15 is 0 Å². The maximum absolute atomic E-state index is 12.5. The number of rotatable bonds is 9. The summed E-state index contributed by atoms with van der Waals surface area (Å²) in [5, 5.41) is 6.79. The van der Waals surface area contributed by atoms with Crippen molar-refractivity contribution in [1.82, 2.24) is 19.8 Å². The molecule has 0 atom stereocenters. The van der Waals surface area contributed by atoms with Crippen molar-refractivity contribution < 1.29 is 14.3 Å². The topological polar surface area (TPSA) is 121 Å². The second-order valence-electron chi connectivity index (χ2n) is 15.9. The quantitative estimate of drug-likeness (QED) is 0.228. The van der Waals surface area contributed by atoms with Crippen LogP contribution in [-0.4, -0.2) is 162 Å². The van der Waals surface area contributed by atoms with Gasteiger partial charge in [0, 0.05) is 50.1 Å². The van der Waals surface area contributed by atoms with E-state index in [0.29, 0.717) is 43.0 Å². The van der Waals surface area contributed by atoms with Gasteiger partial charge in [-0.2, -0.15) is 0 Å². The molecule has 0 unspecified atom stereocenters. The van der Waals surface area contributed by atoms with Gasteiger partial charge in [-0.25, -0.2) is 9.97 Å². The van der Waals surface area contributed by atoms with Crippen LogP contribution in [0.1, 0.15) is 48.8 Å². The van der Waals surface area contributed by atoms with Gasteiger partial charge < -0.3 is 40.5 Å². The molecular weight excluding hydrogens is 595 g/mol. The van der Waals surface area contributed by atoms with Gasteiger partial charge in [0.1, 0.15) is 68.5 Å². The molecule has 1 aromatic carbocycles. The van der Waals surface area contributed by atoms with E-state index in [1.165, 1.54) is 0 Å². The van der Waals surface area contributed by atoms with Crippen molar-refractivity contribution >= 4 is 91.7 Å². The number of methoxy groups -OCH3 is 1. The summed E-state index contributed by atoms with van der Waals surface area (Å²) in [6.45, 7) is 5.29. The number of primary amides is 1. The fraction of sp³-hybridized carbons (Fsp3) is 0.621. The van der Waals surface area contributed by atoms with Crippen LogP contribution in [0.15, 0.2) is 18.2 Å². The van der Waals surface area contributed by atoms with Crippen LogP contribution in [0.3, 0.4) is 0 Å². The molecule has 19 heteroatoms. The van der Waals surface area contributed by atoms with Crippen molar-refractivity contribution in [3.63, 3.8) is 0 Å². The Morgan fingerprint density at radius 1 is 0.958 bits per heavy atom. The molecule has 3 fully saturated rings. The summed E-state index contributed by atoms with van der Waals surface area (Å²) in [5.41, 5.74) is 8.42. The number of nitrogens with one attached hydrogen (secondary N) is 2. The summed E-state index contributed by atoms with van der Waals surface area (Å²) < 4.78 is 11.5. The third-order valence-corrected chi connectivity index (χ3v) is 12.6. The van der Waals surface area contributed by atoms with Crippen LogP contribution in [-0.2, 0) is 11.2 Å². The molecule has 3 saturated heterocycles. The molecule has 3 aliphatic heterocycles. The number of anilines is 4. The van der Waals surface area contributed by atoms with Gasteiger partial charge in [-0.3, -0.25) is 4.79 Å². The first-order valence-corrected chi connectivity index (χ1v) is 17.8. The van der Waals surface area contributed by atoms with Crippen LogP contribution >= 0.6 is 0 Å². The molecule has 250 valence electrons. The van der Waals surface area contributed by atoms with Crippen molar-refractivity contribution in [3.8, 4) is 5.75 Å². The number of aromatic nitrogens is 2. The molecule has 4 heterocycles. The van der Waals surface area contributed by atoms with Crippen molar-refractivity contribution in [2.45, 2.75) is 72.5 Å². The Morgan fingerprint density at radius 3 is 2.10 bits per heavy atom. The zero-order chi connectivity index (χ0) is 35.2. The highest BCUT2D eigenvalue weighted by Crippen LogP contribution is 2.45. The molecule has 1 amide bonds. The highest BCUT2D eigenvalue weighted by molar-refractivity contribution is 6.60. The molecule has 0 aliphatic carbocycles. The summed E-state index contributed by atoms with van der Waals surface area (Å²) >= 11 is 0. The highest BCUT2D eigenvalue weighted by Gasteiger charge is 2.61. The number of aryl methyl sites for hydroxylation is 1. The number of benzene rings is 1. The van der Waals surface area contributed by atoms with E-state index in [1.54, 1.807) is 7.11 Å². The van der Waals surface area contributed by atoms with Crippen LogP contribution in [0.4, 0.5) is 23.0 Å². The number of nitrogens with zero attached hydrogens (tertiary/aromatic N) is 5. The lowest BCUT2D eigenvalue weighted by molar-refractivity contribution is -0.0357. The standard InChI is InChI=1S/C29H52B8N8O3/c1-4-19-24(39-16-9-13-48-14-10-16)42-25(22(41-19)23(38)46)40-17-5-6-20(21(15-17)47-3)44-11-7-18(8-12-44)45-28(34,35)26(30,31)43(2)27(32,33)29(45,36)37/h5-6,15-16,18H,4,7-14,30-37H2,1-3H3,(H2,38,46)(H2,39,40,42). The van der Waals surface area contributed by atoms with Gasteiger partial charge in [-0.1, -0.05) is 6.92 Å². The number of ether oxygens (including phenoxy) is 2. The summed E-state index contributed by atoms with van der Waals surface area (Å²) in [4.78, 5) is 29.8. The molecule has 5 rings (SSSR count). The van der Waals surface area contributed by atoms with E-state index in [-0.39, 0.29) is 33.1 Å². The molecule has 0 bridgehead atoms. The van der Waals surface area contributed by atoms with Gasteiger partial charge in [-0.05, 0) is 72.6 Å². The Hall–Kier alpha value is -2.63. The van der Waals surface area contributed by atoms with Gasteiger partial charge in [0.05, 0.1) is 18.5 Å². The average Bonchev–Trinajstić information content (AvgIpc) is 3.04. The molecular formula is C29H52B8N8O3. The minimum absolute atomic E-state index is 0.00746. The lowest BCUT2D eigenvalue weighted by atomic mass is 9.26. The Labute approximate surface area is 294 Å². The van der Waals surface area contributed by atoms with Gasteiger partial charge in [0.25, 0.3) is 5.91 Å². The molecule has 11 nitrogen and oxygen atoms in total. The second-order valence-corrected chi connectivity index (χ2v) is 15.9. The smallest absolute Gasteiger partial charge is 0.271 e. The van der Waals surface area contributed by atoms with E-state index in [1.807, 2.05) is 19.1 Å². The number of amides is 1. The first-order valence-electron chi connectivity index (χ1n) is 17.8. The molecule has 0 spiro atoms. The van der Waals surface area contributed by atoms with E-state index in [9.17, 15) is 4.79 Å². The van der Waals surface area contributed by atoms with Crippen molar-refractivity contribution in [2.24, 2.45) is 5.73 Å². The van der Waals surface area contributed by atoms with Crippen molar-refractivity contribution in [2.75, 3.05) is 56.0 Å². The van der Waals surface area contributed by atoms with Gasteiger partial charge in [0.15, 0.2) is 17.3 Å². The number of likely N-dealkylation sites (N-methyl/N-ethyl adjacent to an activating group) is 1. The number of nitrogens with two attached hydrogens (primary N) is 1. The fourth-order valence-electron chi connectivity index (χ4n) is 8.37. The number of piperazine rings is 1. The van der Waals surface area contributed by atoms with Crippen LogP contribution in [0.2, 0.25) is 0 Å². The lowest BCUT2D eigenvalue weighted by Gasteiger charge is -2.75. The molecule has 48 heavy (non-hydrogen) atoms. The minimum atomic E-state index is -0.623. The monoisotopic (exact) mass is 648 g/mol. The SMILES string of the molecule is BC1(B)N(C)C(B)(B)C(B)(B)N(C2CCN(c3ccc(Nc4nc(NC5CCOCC5)c(CC)nc4C(N)=O)cc3OC)CC2)C1(B)B. The van der Waals surface area contributed by atoms with Crippen LogP contribution in [0.5, 0.6) is 5.75 Å². The maximum atomic E-state index is 12.5. The molecule has 0 saturated carbocycles. The molecule has 3 aliphatic rings. The first kappa shape index (κ1) is 36.6. The summed E-state index contributed by atoms with van der Waals surface area (Å²) in [6, 6.07) is 6.76. The fourth-order valence-corrected chi connectivity index (χ4v) is 8.37. The Balaban J connectivity index is 1.36. The highest BCUT2D eigenvalue weighted by atomic mass is 16.5. The summed E-state index contributed by atoms with van der Waals surface area (Å²) in [5.74, 6) is 1.14. The van der Waals surface area contributed by atoms with E-state index in [2.05, 4.69) is 106 Å². The number of carbonyl (C=O) groups excluding carboxylic acids is 1. The van der Waals surface area contributed by atoms with Gasteiger partial charge in [0.2, 0.25) is 0 Å². The van der Waals surface area contributed by atoms with Crippen LogP contribution in [0, 0.1) is 0 Å². The number of carbonyl (C=O) groups is 1. The van der Waals surface area contributed by atoms with Crippen LogP contribution < -0.4 is 26.0 Å².